The fourth-order valence-electron chi connectivity index (χ4n) is 3.62. The summed E-state index contributed by atoms with van der Waals surface area (Å²) in [5.41, 5.74) is 6.05. The number of fused-ring (bicyclic) bond motifs is 1. The van der Waals surface area contributed by atoms with Crippen molar-refractivity contribution in [2.24, 2.45) is 0 Å². The van der Waals surface area contributed by atoms with Gasteiger partial charge in [0, 0.05) is 34.9 Å². The molecule has 0 aliphatic rings. The number of rotatable bonds is 5. The van der Waals surface area contributed by atoms with E-state index in [0.717, 1.165) is 22.0 Å². The first-order valence-corrected chi connectivity index (χ1v) is 10.2. The summed E-state index contributed by atoms with van der Waals surface area (Å²) in [7, 11) is 0. The normalized spacial score (nSPS) is 11.3. The molecule has 3 aromatic carbocycles. The first-order chi connectivity index (χ1) is 15.0. The Hall–Kier alpha value is -4.10. The number of hydrogen-bond donors (Lipinski definition) is 1. The highest BCUT2D eigenvalue weighted by atomic mass is 16.1. The quantitative estimate of drug-likeness (QED) is 0.334. The highest BCUT2D eigenvalue weighted by molar-refractivity contribution is 6.11. The van der Waals surface area contributed by atoms with Crippen molar-refractivity contribution in [3.8, 4) is 6.07 Å². The third kappa shape index (κ3) is 4.41. The molecule has 0 saturated carbocycles. The minimum absolute atomic E-state index is 0.0708. The molecule has 0 unspecified atom stereocenters. The lowest BCUT2D eigenvalue weighted by atomic mass is 10.1. The summed E-state index contributed by atoms with van der Waals surface area (Å²) in [4.78, 5) is 12.8. The number of carbonyl (C=O) groups excluding carboxylic acids is 1. The highest BCUT2D eigenvalue weighted by Gasteiger charge is 2.13. The lowest BCUT2D eigenvalue weighted by Crippen LogP contribution is -2.14. The number of carbonyl (C=O) groups is 1. The van der Waals surface area contributed by atoms with E-state index in [-0.39, 0.29) is 5.57 Å². The molecule has 1 aromatic heterocycles. The maximum absolute atomic E-state index is 12.8. The summed E-state index contributed by atoms with van der Waals surface area (Å²) >= 11 is 0. The Morgan fingerprint density at radius 2 is 1.71 bits per heavy atom. The number of hydrogen-bond acceptors (Lipinski definition) is 2. The van der Waals surface area contributed by atoms with Crippen molar-refractivity contribution >= 4 is 28.6 Å². The predicted molar refractivity (Wildman–Crippen MR) is 126 cm³/mol. The number of nitrogens with zero attached hydrogens (tertiary/aromatic N) is 2. The molecule has 4 heteroatoms. The van der Waals surface area contributed by atoms with Crippen LogP contribution in [0.25, 0.3) is 17.0 Å². The van der Waals surface area contributed by atoms with Crippen LogP contribution in [0, 0.1) is 25.2 Å². The third-order valence-electron chi connectivity index (χ3n) is 5.35. The maximum Gasteiger partial charge on any atom is 0.266 e. The van der Waals surface area contributed by atoms with Gasteiger partial charge in [-0.05, 0) is 43.2 Å². The van der Waals surface area contributed by atoms with Crippen molar-refractivity contribution in [1.29, 1.82) is 5.26 Å². The first-order valence-electron chi connectivity index (χ1n) is 10.2. The third-order valence-corrected chi connectivity index (χ3v) is 5.35. The van der Waals surface area contributed by atoms with Crippen molar-refractivity contribution < 1.29 is 4.79 Å². The number of anilines is 1. The van der Waals surface area contributed by atoms with E-state index in [1.54, 1.807) is 6.08 Å². The zero-order valence-electron chi connectivity index (χ0n) is 17.6. The average molecular weight is 406 g/mol. The SMILES string of the molecule is Cc1ccc(Cn2cc(/C=C(/C#N)C(=O)Nc3ccccc3C)c3ccccc32)cc1. The van der Waals surface area contributed by atoms with Crippen LogP contribution in [0.5, 0.6) is 0 Å². The molecule has 4 aromatic rings. The molecular weight excluding hydrogens is 382 g/mol. The molecule has 0 aliphatic heterocycles. The number of aromatic nitrogens is 1. The smallest absolute Gasteiger partial charge is 0.266 e. The molecule has 1 heterocycles. The number of nitrogens with one attached hydrogen (secondary N) is 1. The van der Waals surface area contributed by atoms with Gasteiger partial charge in [-0.3, -0.25) is 4.79 Å². The van der Waals surface area contributed by atoms with E-state index in [0.29, 0.717) is 12.2 Å². The molecule has 0 radical (unpaired) electrons. The van der Waals surface area contributed by atoms with Crippen LogP contribution in [0.4, 0.5) is 5.69 Å². The number of benzene rings is 3. The lowest BCUT2D eigenvalue weighted by Gasteiger charge is -2.07. The van der Waals surface area contributed by atoms with Crippen molar-refractivity contribution in [2.45, 2.75) is 20.4 Å². The number of amides is 1. The molecule has 0 spiro atoms. The van der Waals surface area contributed by atoms with Gasteiger partial charge in [-0.2, -0.15) is 5.26 Å². The minimum atomic E-state index is -0.410. The van der Waals surface area contributed by atoms with E-state index in [1.807, 2.05) is 55.6 Å². The number of para-hydroxylation sites is 2. The molecule has 0 bridgehead atoms. The zero-order valence-corrected chi connectivity index (χ0v) is 17.6. The molecule has 0 atom stereocenters. The fraction of sp³-hybridized carbons (Fsp3) is 0.111. The van der Waals surface area contributed by atoms with E-state index in [1.165, 1.54) is 11.1 Å². The molecule has 4 rings (SSSR count). The summed E-state index contributed by atoms with van der Waals surface area (Å²) in [6, 6.07) is 26.1. The Balaban J connectivity index is 1.68. The van der Waals surface area contributed by atoms with E-state index in [9.17, 15) is 10.1 Å². The first kappa shape index (κ1) is 20.2. The second-order valence-corrected chi connectivity index (χ2v) is 7.65. The second-order valence-electron chi connectivity index (χ2n) is 7.65. The van der Waals surface area contributed by atoms with E-state index >= 15 is 0 Å². The molecule has 1 amide bonds. The molecule has 4 nitrogen and oxygen atoms in total. The van der Waals surface area contributed by atoms with Gasteiger partial charge in [0.25, 0.3) is 5.91 Å². The van der Waals surface area contributed by atoms with Gasteiger partial charge in [0.15, 0.2) is 0 Å². The fourth-order valence-corrected chi connectivity index (χ4v) is 3.62. The lowest BCUT2D eigenvalue weighted by molar-refractivity contribution is -0.112. The van der Waals surface area contributed by atoms with Crippen LogP contribution in [0.2, 0.25) is 0 Å². The monoisotopic (exact) mass is 405 g/mol. The number of nitriles is 1. The molecular formula is C27H23N3O. The summed E-state index contributed by atoms with van der Waals surface area (Å²) in [6.45, 7) is 4.71. The second kappa shape index (κ2) is 8.73. The summed E-state index contributed by atoms with van der Waals surface area (Å²) < 4.78 is 2.15. The van der Waals surface area contributed by atoms with Gasteiger partial charge in [-0.25, -0.2) is 0 Å². The van der Waals surface area contributed by atoms with Gasteiger partial charge in [-0.1, -0.05) is 66.2 Å². The van der Waals surface area contributed by atoms with E-state index in [4.69, 9.17) is 0 Å². The molecule has 1 N–H and O–H groups in total. The van der Waals surface area contributed by atoms with Crippen molar-refractivity contribution in [1.82, 2.24) is 4.57 Å². The van der Waals surface area contributed by atoms with Gasteiger partial charge in [0.05, 0.1) is 0 Å². The summed E-state index contributed by atoms with van der Waals surface area (Å²) in [6.07, 6.45) is 3.67. The molecule has 0 fully saturated rings. The Morgan fingerprint density at radius 3 is 2.45 bits per heavy atom. The van der Waals surface area contributed by atoms with Gasteiger partial charge in [0.1, 0.15) is 11.6 Å². The topological polar surface area (TPSA) is 57.8 Å². The molecule has 0 saturated heterocycles. The van der Waals surface area contributed by atoms with Crippen LogP contribution in [-0.4, -0.2) is 10.5 Å². The standard InChI is InChI=1S/C27H23N3O/c1-19-11-13-21(14-12-19)17-30-18-23(24-8-4-6-10-26(24)30)15-22(16-28)27(31)29-25-9-5-3-7-20(25)2/h3-15,18H,17H2,1-2H3,(H,29,31)/b22-15-. The van der Waals surface area contributed by atoms with Gasteiger partial charge in [0.2, 0.25) is 0 Å². The molecule has 152 valence electrons. The van der Waals surface area contributed by atoms with Crippen molar-refractivity contribution in [3.63, 3.8) is 0 Å². The minimum Gasteiger partial charge on any atom is -0.342 e. The highest BCUT2D eigenvalue weighted by Crippen LogP contribution is 2.25. The maximum atomic E-state index is 12.8. The Kier molecular flexibility index (Phi) is 5.68. The Bertz CT molecular complexity index is 1320. The predicted octanol–water partition coefficient (Wildman–Crippen LogP) is 5.85. The van der Waals surface area contributed by atoms with Crippen molar-refractivity contribution in [2.75, 3.05) is 5.32 Å². The molecule has 0 aliphatic carbocycles. The summed E-state index contributed by atoms with van der Waals surface area (Å²) in [5, 5.41) is 13.5. The van der Waals surface area contributed by atoms with Crippen LogP contribution in [-0.2, 0) is 11.3 Å². The van der Waals surface area contributed by atoms with Crippen LogP contribution in [0.1, 0.15) is 22.3 Å². The van der Waals surface area contributed by atoms with E-state index in [2.05, 4.69) is 53.2 Å². The van der Waals surface area contributed by atoms with Crippen LogP contribution in [0.15, 0.2) is 84.6 Å². The zero-order chi connectivity index (χ0) is 21.8. The summed E-state index contributed by atoms with van der Waals surface area (Å²) in [5.74, 6) is -0.410. The molecule has 31 heavy (non-hydrogen) atoms. The van der Waals surface area contributed by atoms with Crippen LogP contribution in [0.3, 0.4) is 0 Å². The van der Waals surface area contributed by atoms with Gasteiger partial charge < -0.3 is 9.88 Å². The Labute approximate surface area is 182 Å². The van der Waals surface area contributed by atoms with Crippen LogP contribution >= 0.6 is 0 Å². The Morgan fingerprint density at radius 1 is 1.00 bits per heavy atom. The average Bonchev–Trinajstić information content (AvgIpc) is 3.12. The largest absolute Gasteiger partial charge is 0.342 e. The van der Waals surface area contributed by atoms with Crippen LogP contribution < -0.4 is 5.32 Å². The van der Waals surface area contributed by atoms with Gasteiger partial charge in [-0.15, -0.1) is 0 Å². The van der Waals surface area contributed by atoms with E-state index < -0.39 is 5.91 Å². The van der Waals surface area contributed by atoms with Gasteiger partial charge >= 0.3 is 0 Å². The van der Waals surface area contributed by atoms with Crippen molar-refractivity contribution in [3.05, 3.63) is 107 Å². The number of aryl methyl sites for hydroxylation is 2.